The van der Waals surface area contributed by atoms with Crippen molar-refractivity contribution in [2.75, 3.05) is 26.2 Å². The lowest BCUT2D eigenvalue weighted by molar-refractivity contribution is -0.143. The lowest BCUT2D eigenvalue weighted by Crippen LogP contribution is -2.47. The van der Waals surface area contributed by atoms with Crippen LogP contribution < -0.4 is 21.3 Å². The highest BCUT2D eigenvalue weighted by Crippen LogP contribution is 2.02. The molecule has 184 valence electrons. The summed E-state index contributed by atoms with van der Waals surface area (Å²) in [5.74, 6) is -0.980. The van der Waals surface area contributed by atoms with E-state index in [1.165, 1.54) is 6.92 Å². The minimum atomic E-state index is -0.666. The molecule has 0 aliphatic heterocycles. The summed E-state index contributed by atoms with van der Waals surface area (Å²) >= 11 is 0. The van der Waals surface area contributed by atoms with Gasteiger partial charge in [0.15, 0.2) is 0 Å². The van der Waals surface area contributed by atoms with Crippen LogP contribution in [0.2, 0.25) is 0 Å². The summed E-state index contributed by atoms with van der Waals surface area (Å²) in [7, 11) is 0. The molecule has 0 bridgehead atoms. The van der Waals surface area contributed by atoms with Crippen LogP contribution >= 0.6 is 0 Å². The van der Waals surface area contributed by atoms with Crippen molar-refractivity contribution < 1.29 is 28.7 Å². The van der Waals surface area contributed by atoms with Crippen LogP contribution in [0.5, 0.6) is 0 Å². The van der Waals surface area contributed by atoms with E-state index in [4.69, 9.17) is 9.47 Å². The number of carbonyl (C=O) groups excluding carboxylic acids is 4. The normalized spacial score (nSPS) is 11.4. The van der Waals surface area contributed by atoms with Crippen molar-refractivity contribution in [2.45, 2.75) is 58.8 Å². The first-order valence-corrected chi connectivity index (χ1v) is 11.2. The van der Waals surface area contributed by atoms with Gasteiger partial charge in [-0.1, -0.05) is 30.3 Å². The number of rotatable bonds is 15. The first-order valence-electron chi connectivity index (χ1n) is 11.2. The lowest BCUT2D eigenvalue weighted by atomic mass is 10.1. The number of alkyl carbamates (subject to hydrolysis) is 1. The van der Waals surface area contributed by atoms with Gasteiger partial charge in [-0.15, -0.1) is 0 Å². The average molecular weight is 465 g/mol. The van der Waals surface area contributed by atoms with Crippen LogP contribution in [0, 0.1) is 0 Å². The molecule has 1 aromatic carbocycles. The number of benzene rings is 1. The molecule has 10 nitrogen and oxygen atoms in total. The van der Waals surface area contributed by atoms with Gasteiger partial charge in [-0.25, -0.2) is 4.79 Å². The number of hydrogen-bond acceptors (Lipinski definition) is 7. The van der Waals surface area contributed by atoms with Crippen molar-refractivity contribution in [3.8, 4) is 0 Å². The first kappa shape index (κ1) is 27.9. The highest BCUT2D eigenvalue weighted by Gasteiger charge is 2.18. The SMILES string of the molecule is CC(=O)N[C@@H](CCCCNC(=O)OC(C)C)C(=O)NCCNCC(=O)OCc1ccccc1. The topological polar surface area (TPSA) is 135 Å². The van der Waals surface area contributed by atoms with Crippen molar-refractivity contribution in [1.29, 1.82) is 0 Å². The van der Waals surface area contributed by atoms with Crippen molar-refractivity contribution in [1.82, 2.24) is 21.3 Å². The fraction of sp³-hybridized carbons (Fsp3) is 0.565. The first-order chi connectivity index (χ1) is 15.8. The van der Waals surface area contributed by atoms with Gasteiger partial charge in [0.25, 0.3) is 0 Å². The average Bonchev–Trinajstić information content (AvgIpc) is 2.76. The predicted molar refractivity (Wildman–Crippen MR) is 123 cm³/mol. The summed E-state index contributed by atoms with van der Waals surface area (Å²) in [6.07, 6.45) is 1.05. The van der Waals surface area contributed by atoms with Crippen LogP contribution in [0.25, 0.3) is 0 Å². The highest BCUT2D eigenvalue weighted by molar-refractivity contribution is 5.86. The lowest BCUT2D eigenvalue weighted by Gasteiger charge is -2.18. The molecule has 4 N–H and O–H groups in total. The van der Waals surface area contributed by atoms with E-state index >= 15 is 0 Å². The molecule has 0 aliphatic carbocycles. The molecule has 1 rings (SSSR count). The van der Waals surface area contributed by atoms with Gasteiger partial charge in [0, 0.05) is 26.6 Å². The van der Waals surface area contributed by atoms with E-state index in [1.54, 1.807) is 13.8 Å². The largest absolute Gasteiger partial charge is 0.460 e. The summed E-state index contributed by atoms with van der Waals surface area (Å²) in [6.45, 7) is 6.22. The standard InChI is InChI=1S/C23H36N4O6/c1-17(2)33-23(31)26-12-8-7-11-20(27-18(3)28)22(30)25-14-13-24-15-21(29)32-16-19-9-5-4-6-10-19/h4-6,9-10,17,20,24H,7-8,11-16H2,1-3H3,(H,25,30)(H,26,31)(H,27,28)/t20-/m0/s1. The molecule has 0 spiro atoms. The summed E-state index contributed by atoms with van der Waals surface area (Å²) in [6, 6.07) is 8.72. The van der Waals surface area contributed by atoms with E-state index < -0.39 is 12.1 Å². The third-order valence-electron chi connectivity index (χ3n) is 4.34. The van der Waals surface area contributed by atoms with Gasteiger partial charge >= 0.3 is 12.1 Å². The maximum Gasteiger partial charge on any atom is 0.407 e. The van der Waals surface area contributed by atoms with Crippen LogP contribution in [-0.2, 0) is 30.5 Å². The number of hydrogen-bond donors (Lipinski definition) is 4. The van der Waals surface area contributed by atoms with E-state index in [9.17, 15) is 19.2 Å². The Morgan fingerprint density at radius 3 is 2.33 bits per heavy atom. The second-order valence-corrected chi connectivity index (χ2v) is 7.74. The van der Waals surface area contributed by atoms with E-state index in [0.717, 1.165) is 5.56 Å². The van der Waals surface area contributed by atoms with Crippen molar-refractivity contribution in [3.05, 3.63) is 35.9 Å². The van der Waals surface area contributed by atoms with Gasteiger partial charge in [-0.3, -0.25) is 14.4 Å². The van der Waals surface area contributed by atoms with Crippen LogP contribution in [0.15, 0.2) is 30.3 Å². The highest BCUT2D eigenvalue weighted by atomic mass is 16.6. The number of carbonyl (C=O) groups is 4. The fourth-order valence-electron chi connectivity index (χ4n) is 2.81. The van der Waals surface area contributed by atoms with E-state index in [2.05, 4.69) is 21.3 Å². The van der Waals surface area contributed by atoms with Crippen molar-refractivity contribution >= 4 is 23.9 Å². The maximum absolute atomic E-state index is 12.4. The number of unbranched alkanes of at least 4 members (excludes halogenated alkanes) is 1. The summed E-state index contributed by atoms with van der Waals surface area (Å²) < 4.78 is 10.1. The van der Waals surface area contributed by atoms with Gasteiger partial charge in [0.05, 0.1) is 12.6 Å². The summed E-state index contributed by atoms with van der Waals surface area (Å²) in [5, 5.41) is 10.9. The Bertz CT molecular complexity index is 742. The molecule has 1 aromatic rings. The predicted octanol–water partition coefficient (Wildman–Crippen LogP) is 1.25. The molecule has 0 fully saturated rings. The molecule has 0 radical (unpaired) electrons. The molecule has 0 saturated carbocycles. The molecule has 0 aromatic heterocycles. The maximum atomic E-state index is 12.4. The Balaban J connectivity index is 2.20. The third-order valence-corrected chi connectivity index (χ3v) is 4.34. The number of nitrogens with one attached hydrogen (secondary N) is 4. The quantitative estimate of drug-likeness (QED) is 0.227. The summed E-state index contributed by atoms with van der Waals surface area (Å²) in [5.41, 5.74) is 0.911. The zero-order chi connectivity index (χ0) is 24.5. The molecular weight excluding hydrogens is 428 g/mol. The Labute approximate surface area is 195 Å². The molecule has 10 heteroatoms. The number of esters is 1. The van der Waals surface area contributed by atoms with Crippen LogP contribution in [0.4, 0.5) is 4.79 Å². The number of amides is 3. The Kier molecular flexibility index (Phi) is 13.9. The zero-order valence-electron chi connectivity index (χ0n) is 19.6. The van der Waals surface area contributed by atoms with Crippen LogP contribution in [-0.4, -0.2) is 62.2 Å². The molecule has 0 unspecified atom stereocenters. The van der Waals surface area contributed by atoms with Crippen LogP contribution in [0.3, 0.4) is 0 Å². The molecule has 0 heterocycles. The Morgan fingerprint density at radius 2 is 1.67 bits per heavy atom. The molecule has 0 aliphatic rings. The number of ether oxygens (including phenoxy) is 2. The molecule has 1 atom stereocenters. The third kappa shape index (κ3) is 14.5. The molecule has 33 heavy (non-hydrogen) atoms. The minimum absolute atomic E-state index is 0.0318. The summed E-state index contributed by atoms with van der Waals surface area (Å²) in [4.78, 5) is 47.0. The van der Waals surface area contributed by atoms with Gasteiger partial charge in [0.2, 0.25) is 11.8 Å². The molecule has 0 saturated heterocycles. The smallest absolute Gasteiger partial charge is 0.407 e. The van der Waals surface area contributed by atoms with Crippen molar-refractivity contribution in [3.63, 3.8) is 0 Å². The van der Waals surface area contributed by atoms with E-state index in [1.807, 2.05) is 30.3 Å². The van der Waals surface area contributed by atoms with Gasteiger partial charge in [-0.2, -0.15) is 0 Å². The van der Waals surface area contributed by atoms with E-state index in [0.29, 0.717) is 38.9 Å². The van der Waals surface area contributed by atoms with E-state index in [-0.39, 0.29) is 37.0 Å². The second kappa shape index (κ2) is 16.5. The molecular formula is C23H36N4O6. The van der Waals surface area contributed by atoms with Gasteiger partial charge in [0.1, 0.15) is 12.6 Å². The second-order valence-electron chi connectivity index (χ2n) is 7.74. The minimum Gasteiger partial charge on any atom is -0.460 e. The Morgan fingerprint density at radius 1 is 0.939 bits per heavy atom. The fourth-order valence-corrected chi connectivity index (χ4v) is 2.81. The van der Waals surface area contributed by atoms with Crippen LogP contribution in [0.1, 0.15) is 45.6 Å². The van der Waals surface area contributed by atoms with Gasteiger partial charge < -0.3 is 30.7 Å². The Hall–Kier alpha value is -3.14. The molecule has 3 amide bonds. The zero-order valence-corrected chi connectivity index (χ0v) is 19.6. The van der Waals surface area contributed by atoms with Gasteiger partial charge in [-0.05, 0) is 38.7 Å². The van der Waals surface area contributed by atoms with Crippen molar-refractivity contribution in [2.24, 2.45) is 0 Å². The monoisotopic (exact) mass is 464 g/mol.